The highest BCUT2D eigenvalue weighted by Gasteiger charge is 2.33. The molecule has 2 saturated heterocycles. The summed E-state index contributed by atoms with van der Waals surface area (Å²) in [6, 6.07) is 13.7. The molecule has 4 N–H and O–H groups in total. The summed E-state index contributed by atoms with van der Waals surface area (Å²) >= 11 is 3.44. The van der Waals surface area contributed by atoms with Gasteiger partial charge in [-0.3, -0.25) is 9.97 Å². The van der Waals surface area contributed by atoms with Gasteiger partial charge in [0.2, 0.25) is 0 Å². The molecule has 5 aromatic rings. The van der Waals surface area contributed by atoms with E-state index >= 15 is 0 Å². The Hall–Kier alpha value is -3.88. The van der Waals surface area contributed by atoms with Gasteiger partial charge >= 0.3 is 0 Å². The zero-order valence-corrected chi connectivity index (χ0v) is 27.3. The highest BCUT2D eigenvalue weighted by atomic mass is 79.9. The Bertz CT molecular complexity index is 1850. The van der Waals surface area contributed by atoms with Crippen molar-refractivity contribution in [1.29, 1.82) is 0 Å². The van der Waals surface area contributed by atoms with Crippen molar-refractivity contribution in [2.75, 3.05) is 50.2 Å². The summed E-state index contributed by atoms with van der Waals surface area (Å²) in [5, 5.41) is 28.8. The Kier molecular flexibility index (Phi) is 9.62. The summed E-state index contributed by atoms with van der Waals surface area (Å²) in [6.45, 7) is 3.43. The first-order chi connectivity index (χ1) is 22.5. The van der Waals surface area contributed by atoms with Crippen LogP contribution in [0.4, 0.5) is 20.4 Å². The number of benzene rings is 1. The molecule has 6 heterocycles. The largest absolute Gasteiger partial charge is 0.386 e. The first-order valence-electron chi connectivity index (χ1n) is 15.2. The van der Waals surface area contributed by atoms with Crippen LogP contribution >= 0.6 is 15.9 Å². The normalized spacial score (nSPS) is 21.1. The minimum absolute atomic E-state index is 0.0354. The minimum Gasteiger partial charge on any atom is -0.386 e. The van der Waals surface area contributed by atoms with E-state index in [1.807, 2.05) is 24.3 Å². The van der Waals surface area contributed by atoms with Crippen molar-refractivity contribution in [1.82, 2.24) is 19.9 Å². The molecule has 13 heteroatoms. The average Bonchev–Trinajstić information content (AvgIpc) is 3.72. The molecule has 2 aliphatic heterocycles. The van der Waals surface area contributed by atoms with Crippen molar-refractivity contribution >= 4 is 49.4 Å². The first-order valence-corrected chi connectivity index (χ1v) is 16.0. The molecule has 47 heavy (non-hydrogen) atoms. The lowest BCUT2D eigenvalue weighted by atomic mass is 10.0. The van der Waals surface area contributed by atoms with Crippen molar-refractivity contribution in [2.45, 2.75) is 36.9 Å². The van der Waals surface area contributed by atoms with Gasteiger partial charge in [-0.25, -0.2) is 18.7 Å². The maximum Gasteiger partial charge on any atom is 0.270 e. The molecule has 0 amide bonds. The summed E-state index contributed by atoms with van der Waals surface area (Å²) in [6.07, 6.45) is 8.03. The molecule has 0 bridgehead atoms. The number of aromatic nitrogens is 4. The summed E-state index contributed by atoms with van der Waals surface area (Å²) in [5.41, 5.74) is 1.35. The zero-order valence-electron chi connectivity index (χ0n) is 25.7. The fourth-order valence-corrected chi connectivity index (χ4v) is 5.93. The molecule has 2 fully saturated rings. The van der Waals surface area contributed by atoms with Gasteiger partial charge < -0.3 is 30.3 Å². The summed E-state index contributed by atoms with van der Waals surface area (Å²) < 4.78 is 38.3. The Labute approximate surface area is 278 Å². The van der Waals surface area contributed by atoms with Crippen LogP contribution in [0.15, 0.2) is 77.8 Å². The topological polar surface area (TPSA) is 135 Å². The number of pyridine rings is 4. The Morgan fingerprint density at radius 2 is 1.32 bits per heavy atom. The van der Waals surface area contributed by atoms with Crippen LogP contribution in [-0.2, 0) is 15.4 Å². The lowest BCUT2D eigenvalue weighted by molar-refractivity contribution is 0.0175. The standard InChI is InChI=1S/C21H21F2N3O2.C13H14BrN3O2/c1-20(22,23)15-6-4-14(5-7-15)17-11-25-19(16-3-2-9-24-18(16)17)26-12-21(27)8-10-28-13-21;14-10-6-16-12(9-2-1-4-15-11(9)10)17-7-13(18)3-5-19-8-13/h2-7,9,11,27H,8,10,12-13H2,1H3,(H,25,26);1-2,4,6,18H,3,5,7-8H2,(H,16,17). The number of hydrogen-bond donors (Lipinski definition) is 4. The molecular weight excluding hydrogens is 674 g/mol. The molecule has 2 aliphatic rings. The number of rotatable bonds is 8. The highest BCUT2D eigenvalue weighted by Crippen LogP contribution is 2.33. The molecule has 0 aliphatic carbocycles. The smallest absolute Gasteiger partial charge is 0.270 e. The molecule has 10 nitrogen and oxygen atoms in total. The third-order valence-electron chi connectivity index (χ3n) is 8.27. The second-order valence-corrected chi connectivity index (χ2v) is 12.9. The number of nitrogens with zero attached hydrogens (tertiary/aromatic N) is 4. The summed E-state index contributed by atoms with van der Waals surface area (Å²) in [5.74, 6) is -1.54. The lowest BCUT2D eigenvalue weighted by Gasteiger charge is -2.21. The number of halogens is 3. The first kappa shape index (κ1) is 33.0. The third-order valence-corrected chi connectivity index (χ3v) is 8.85. The molecule has 0 radical (unpaired) electrons. The Morgan fingerprint density at radius 1 is 0.787 bits per heavy atom. The van der Waals surface area contributed by atoms with Crippen LogP contribution < -0.4 is 10.6 Å². The van der Waals surface area contributed by atoms with E-state index in [0.717, 1.165) is 44.6 Å². The molecular formula is C34H35BrF2N6O4. The van der Waals surface area contributed by atoms with E-state index in [0.29, 0.717) is 63.7 Å². The molecule has 2 unspecified atom stereocenters. The van der Waals surface area contributed by atoms with Crippen LogP contribution in [0.25, 0.3) is 32.9 Å². The highest BCUT2D eigenvalue weighted by molar-refractivity contribution is 9.10. The van der Waals surface area contributed by atoms with E-state index in [2.05, 4.69) is 46.5 Å². The van der Waals surface area contributed by atoms with Gasteiger partial charge in [-0.05, 0) is 45.8 Å². The molecule has 0 spiro atoms. The van der Waals surface area contributed by atoms with Gasteiger partial charge in [0.15, 0.2) is 0 Å². The van der Waals surface area contributed by atoms with E-state index < -0.39 is 17.1 Å². The van der Waals surface area contributed by atoms with Gasteiger partial charge in [0, 0.05) is 92.8 Å². The second-order valence-electron chi connectivity index (χ2n) is 12.0. The third kappa shape index (κ3) is 7.65. The number of alkyl halides is 2. The van der Waals surface area contributed by atoms with Gasteiger partial charge in [0.25, 0.3) is 5.92 Å². The maximum atomic E-state index is 13.5. The SMILES string of the molecule is CC(F)(F)c1ccc(-c2cnc(NCC3(O)CCOC3)c3cccnc23)cc1.OC1(CNc2ncc(Br)c3ncccc23)CCOC1. The van der Waals surface area contributed by atoms with Crippen LogP contribution in [0.5, 0.6) is 0 Å². The van der Waals surface area contributed by atoms with Gasteiger partial charge in [0.05, 0.1) is 28.7 Å². The van der Waals surface area contributed by atoms with Crippen molar-refractivity contribution in [2.24, 2.45) is 0 Å². The summed E-state index contributed by atoms with van der Waals surface area (Å²) in [4.78, 5) is 17.6. The van der Waals surface area contributed by atoms with Crippen molar-refractivity contribution in [3.05, 3.63) is 83.4 Å². The van der Waals surface area contributed by atoms with Crippen molar-refractivity contribution < 1.29 is 28.5 Å². The fraction of sp³-hybridized carbons (Fsp3) is 0.353. The molecule has 7 rings (SSSR count). The average molecular weight is 710 g/mol. The second kappa shape index (κ2) is 13.7. The van der Waals surface area contributed by atoms with Gasteiger partial charge in [0.1, 0.15) is 22.8 Å². The van der Waals surface area contributed by atoms with E-state index in [-0.39, 0.29) is 5.56 Å². The number of fused-ring (bicyclic) bond motifs is 2. The van der Waals surface area contributed by atoms with Crippen LogP contribution in [-0.4, -0.2) is 80.9 Å². The van der Waals surface area contributed by atoms with Crippen LogP contribution in [0.2, 0.25) is 0 Å². The minimum atomic E-state index is -2.88. The Balaban J connectivity index is 0.000000177. The number of anilines is 2. The summed E-state index contributed by atoms with van der Waals surface area (Å²) in [7, 11) is 0. The number of aliphatic hydroxyl groups is 2. The van der Waals surface area contributed by atoms with Gasteiger partial charge in [-0.1, -0.05) is 24.3 Å². The lowest BCUT2D eigenvalue weighted by Crippen LogP contribution is -2.37. The van der Waals surface area contributed by atoms with Crippen molar-refractivity contribution in [3.63, 3.8) is 0 Å². The van der Waals surface area contributed by atoms with Gasteiger partial charge in [-0.15, -0.1) is 0 Å². The predicted octanol–water partition coefficient (Wildman–Crippen LogP) is 5.93. The van der Waals surface area contributed by atoms with Crippen molar-refractivity contribution in [3.8, 4) is 11.1 Å². The quantitative estimate of drug-likeness (QED) is 0.154. The van der Waals surface area contributed by atoms with Crippen LogP contribution in [0.3, 0.4) is 0 Å². The predicted molar refractivity (Wildman–Crippen MR) is 180 cm³/mol. The molecule has 2 atom stereocenters. The number of hydrogen-bond acceptors (Lipinski definition) is 10. The zero-order chi connectivity index (χ0) is 33.1. The molecule has 0 saturated carbocycles. The maximum absolute atomic E-state index is 13.5. The Morgan fingerprint density at radius 3 is 1.85 bits per heavy atom. The van der Waals surface area contributed by atoms with E-state index in [4.69, 9.17) is 9.47 Å². The van der Waals surface area contributed by atoms with Crippen LogP contribution in [0, 0.1) is 0 Å². The fourth-order valence-electron chi connectivity index (χ4n) is 5.51. The van der Waals surface area contributed by atoms with E-state index in [9.17, 15) is 19.0 Å². The number of ether oxygens (including phenoxy) is 2. The van der Waals surface area contributed by atoms with E-state index in [1.54, 1.807) is 36.9 Å². The molecule has 246 valence electrons. The van der Waals surface area contributed by atoms with Crippen LogP contribution in [0.1, 0.15) is 25.3 Å². The molecule has 1 aromatic carbocycles. The van der Waals surface area contributed by atoms with Gasteiger partial charge in [-0.2, -0.15) is 0 Å². The number of nitrogens with one attached hydrogen (secondary N) is 2. The monoisotopic (exact) mass is 708 g/mol. The van der Waals surface area contributed by atoms with E-state index in [1.165, 1.54) is 12.1 Å². The molecule has 4 aromatic heterocycles.